The van der Waals surface area contributed by atoms with Crippen molar-refractivity contribution in [1.82, 2.24) is 25.1 Å². The highest BCUT2D eigenvalue weighted by atomic mass is 32.1. The fraction of sp³-hybridized carbons (Fsp3) is 0.750. The summed E-state index contributed by atoms with van der Waals surface area (Å²) in [5.74, 6) is 5.19. The smallest absolute Gasteiger partial charge is 0.147 e. The van der Waals surface area contributed by atoms with Crippen molar-refractivity contribution in [2.75, 3.05) is 0 Å². The molecule has 1 aliphatic heterocycles. The molecule has 4 saturated carbocycles. The van der Waals surface area contributed by atoms with Crippen molar-refractivity contribution in [2.45, 2.75) is 76.4 Å². The molecule has 5 nitrogen and oxygen atoms in total. The number of fused-ring (bicyclic) bond motifs is 1. The van der Waals surface area contributed by atoms with Gasteiger partial charge in [0.25, 0.3) is 0 Å². The number of nitrogens with zero attached hydrogens (tertiary/aromatic N) is 4. The molecular formula is C20H27N5S. The first-order valence-electron chi connectivity index (χ1n) is 10.3. The van der Waals surface area contributed by atoms with Crippen LogP contribution in [0.25, 0.3) is 0 Å². The average Bonchev–Trinajstić information content (AvgIpc) is 3.31. The molecule has 3 heterocycles. The molecule has 1 N–H and O–H groups in total. The summed E-state index contributed by atoms with van der Waals surface area (Å²) in [6.07, 6.45) is 11.0. The van der Waals surface area contributed by atoms with Gasteiger partial charge in [0.2, 0.25) is 0 Å². The van der Waals surface area contributed by atoms with Crippen LogP contribution in [-0.2, 0) is 31.5 Å². The second-order valence-corrected chi connectivity index (χ2v) is 10.1. The van der Waals surface area contributed by atoms with Gasteiger partial charge in [-0.25, -0.2) is 4.98 Å². The Morgan fingerprint density at radius 1 is 1.08 bits per heavy atom. The Labute approximate surface area is 158 Å². The average molecular weight is 370 g/mol. The highest BCUT2D eigenvalue weighted by Crippen LogP contribution is 2.61. The van der Waals surface area contributed by atoms with Crippen LogP contribution in [0.5, 0.6) is 0 Å². The summed E-state index contributed by atoms with van der Waals surface area (Å²) in [6, 6.07) is 0. The zero-order valence-electron chi connectivity index (χ0n) is 15.3. The van der Waals surface area contributed by atoms with E-state index in [1.807, 2.05) is 11.3 Å². The molecule has 0 amide bonds. The number of aromatic nitrogens is 4. The number of aryl methyl sites for hydroxylation is 1. The van der Waals surface area contributed by atoms with E-state index in [2.05, 4.69) is 25.5 Å². The van der Waals surface area contributed by atoms with Crippen molar-refractivity contribution in [3.63, 3.8) is 0 Å². The van der Waals surface area contributed by atoms with Gasteiger partial charge in [-0.15, -0.1) is 21.5 Å². The van der Waals surface area contributed by atoms with Gasteiger partial charge >= 0.3 is 0 Å². The molecule has 0 saturated heterocycles. The maximum Gasteiger partial charge on any atom is 0.147 e. The molecule has 26 heavy (non-hydrogen) atoms. The minimum atomic E-state index is 0.436. The van der Waals surface area contributed by atoms with Crippen LogP contribution < -0.4 is 5.32 Å². The number of hydrogen-bond donors (Lipinski definition) is 1. The van der Waals surface area contributed by atoms with Crippen LogP contribution in [0.3, 0.4) is 0 Å². The highest BCUT2D eigenvalue weighted by molar-refractivity contribution is 7.09. The fourth-order valence-electron chi connectivity index (χ4n) is 6.65. The van der Waals surface area contributed by atoms with Gasteiger partial charge in [0.15, 0.2) is 0 Å². The first kappa shape index (κ1) is 15.8. The molecule has 4 fully saturated rings. The zero-order valence-corrected chi connectivity index (χ0v) is 16.1. The first-order valence-corrected chi connectivity index (χ1v) is 11.2. The van der Waals surface area contributed by atoms with Crippen LogP contribution in [0.4, 0.5) is 0 Å². The topological polar surface area (TPSA) is 55.6 Å². The van der Waals surface area contributed by atoms with E-state index in [1.54, 1.807) is 0 Å². The van der Waals surface area contributed by atoms with Crippen LogP contribution in [0, 0.1) is 17.8 Å². The van der Waals surface area contributed by atoms with Crippen LogP contribution in [-0.4, -0.2) is 19.7 Å². The third-order valence-corrected chi connectivity index (χ3v) is 8.46. The van der Waals surface area contributed by atoms with E-state index in [-0.39, 0.29) is 0 Å². The minimum absolute atomic E-state index is 0.436. The van der Waals surface area contributed by atoms with Crippen molar-refractivity contribution in [3.05, 3.63) is 27.7 Å². The molecule has 0 atom stereocenters. The summed E-state index contributed by atoms with van der Waals surface area (Å²) in [4.78, 5) is 5.10. The molecule has 0 aromatic carbocycles. The van der Waals surface area contributed by atoms with Crippen molar-refractivity contribution in [3.8, 4) is 0 Å². The lowest BCUT2D eigenvalue weighted by molar-refractivity contribution is -0.00534. The lowest BCUT2D eigenvalue weighted by Gasteiger charge is -2.56. The molecule has 7 rings (SSSR count). The van der Waals surface area contributed by atoms with Gasteiger partial charge in [0, 0.05) is 30.3 Å². The molecule has 4 aliphatic carbocycles. The predicted octanol–water partition coefficient (Wildman–Crippen LogP) is 3.44. The third kappa shape index (κ3) is 2.48. The van der Waals surface area contributed by atoms with E-state index in [4.69, 9.17) is 4.98 Å². The van der Waals surface area contributed by atoms with Crippen molar-refractivity contribution in [2.24, 2.45) is 17.8 Å². The lowest BCUT2D eigenvalue weighted by Crippen LogP contribution is -2.48. The number of thiazole rings is 1. The van der Waals surface area contributed by atoms with Gasteiger partial charge in [-0.1, -0.05) is 0 Å². The molecule has 0 unspecified atom stereocenters. The maximum absolute atomic E-state index is 5.10. The molecule has 6 heteroatoms. The van der Waals surface area contributed by atoms with Crippen LogP contribution in [0.1, 0.15) is 67.3 Å². The third-order valence-electron chi connectivity index (χ3n) is 7.32. The molecule has 138 valence electrons. The maximum atomic E-state index is 5.10. The summed E-state index contributed by atoms with van der Waals surface area (Å²) in [6.45, 7) is 2.70. The summed E-state index contributed by atoms with van der Waals surface area (Å²) in [7, 11) is 0. The Kier molecular flexibility index (Phi) is 3.55. The van der Waals surface area contributed by atoms with Crippen molar-refractivity contribution >= 4 is 11.3 Å². The largest absolute Gasteiger partial charge is 0.314 e. The van der Waals surface area contributed by atoms with Gasteiger partial charge in [-0.3, -0.25) is 0 Å². The second-order valence-electron chi connectivity index (χ2n) is 9.23. The van der Waals surface area contributed by atoms with Gasteiger partial charge in [0.05, 0.1) is 17.2 Å². The summed E-state index contributed by atoms with van der Waals surface area (Å²) in [5, 5.41) is 15.9. The van der Waals surface area contributed by atoms with E-state index < -0.39 is 0 Å². The number of hydrogen-bond acceptors (Lipinski definition) is 5. The Bertz CT molecular complexity index is 787. The van der Waals surface area contributed by atoms with E-state index in [0.29, 0.717) is 5.41 Å². The molecule has 2 aromatic heterocycles. The van der Waals surface area contributed by atoms with Crippen LogP contribution in [0.2, 0.25) is 0 Å². The first-order chi connectivity index (χ1) is 12.8. The van der Waals surface area contributed by atoms with Crippen LogP contribution in [0.15, 0.2) is 5.38 Å². The molecule has 4 bridgehead atoms. The fourth-order valence-corrected chi connectivity index (χ4v) is 7.70. The van der Waals surface area contributed by atoms with E-state index in [1.165, 1.54) is 55.6 Å². The van der Waals surface area contributed by atoms with Crippen molar-refractivity contribution < 1.29 is 0 Å². The van der Waals surface area contributed by atoms with Gasteiger partial charge in [0.1, 0.15) is 11.6 Å². The number of rotatable bonds is 5. The predicted molar refractivity (Wildman–Crippen MR) is 101 cm³/mol. The molecule has 0 spiro atoms. The molecule has 5 aliphatic rings. The molecular weight excluding hydrogens is 342 g/mol. The number of nitrogens with one attached hydrogen (secondary N) is 1. The van der Waals surface area contributed by atoms with E-state index >= 15 is 0 Å². The summed E-state index contributed by atoms with van der Waals surface area (Å²) in [5.41, 5.74) is 1.65. The lowest BCUT2D eigenvalue weighted by atomic mass is 9.50. The second kappa shape index (κ2) is 5.86. The Morgan fingerprint density at radius 3 is 2.62 bits per heavy atom. The Morgan fingerprint density at radius 2 is 1.85 bits per heavy atom. The monoisotopic (exact) mass is 369 g/mol. The van der Waals surface area contributed by atoms with Gasteiger partial charge in [-0.2, -0.15) is 0 Å². The normalized spacial score (nSPS) is 34.5. The van der Waals surface area contributed by atoms with E-state index in [9.17, 15) is 0 Å². The van der Waals surface area contributed by atoms with Gasteiger partial charge < -0.3 is 9.88 Å². The zero-order chi connectivity index (χ0) is 17.1. The Balaban J connectivity index is 1.13. The summed E-state index contributed by atoms with van der Waals surface area (Å²) >= 11 is 1.92. The van der Waals surface area contributed by atoms with Crippen molar-refractivity contribution in [1.29, 1.82) is 0 Å². The van der Waals surface area contributed by atoms with Gasteiger partial charge in [-0.05, 0) is 62.7 Å². The van der Waals surface area contributed by atoms with Crippen LogP contribution >= 0.6 is 11.3 Å². The minimum Gasteiger partial charge on any atom is -0.314 e. The standard InChI is InChI=1S/C20H27N5S/c1-2-17-23-24-18(25(17)3-1)11-21-10-16-12-26-19(22-16)20-7-13-4-14(8-20)6-15(5-13)9-20/h12-15,21H,1-11H2. The molecule has 2 aromatic rings. The molecule has 0 radical (unpaired) electrons. The quantitative estimate of drug-likeness (QED) is 0.877. The summed E-state index contributed by atoms with van der Waals surface area (Å²) < 4.78 is 2.27. The van der Waals surface area contributed by atoms with E-state index in [0.717, 1.165) is 55.5 Å². The SMILES string of the molecule is c1sc(C23CC4CC(CC(C4)C2)C3)nc1CNCc1nnc2n1CCC2. The highest BCUT2D eigenvalue weighted by Gasteiger charge is 2.52. The Hall–Kier alpha value is -1.27.